The Morgan fingerprint density at radius 1 is 1.14 bits per heavy atom. The summed E-state index contributed by atoms with van der Waals surface area (Å²) in [6, 6.07) is 12.7. The maximum Gasteiger partial charge on any atom is 0.308 e. The predicted molar refractivity (Wildman–Crippen MR) is 82.6 cm³/mol. The van der Waals surface area contributed by atoms with Crippen LogP contribution in [0.4, 0.5) is 0 Å². The lowest BCUT2D eigenvalue weighted by atomic mass is 9.89. The molecule has 1 amide bonds. The Morgan fingerprint density at radius 2 is 1.86 bits per heavy atom. The third kappa shape index (κ3) is 2.78. The molecule has 1 aliphatic rings. The Bertz CT molecular complexity index is 697. The van der Waals surface area contributed by atoms with Gasteiger partial charge in [0.1, 0.15) is 0 Å². The van der Waals surface area contributed by atoms with E-state index in [1.165, 1.54) is 0 Å². The predicted octanol–water partition coefficient (Wildman–Crippen LogP) is 2.98. The number of benzene rings is 1. The molecule has 2 aromatic rings. The lowest BCUT2D eigenvalue weighted by molar-refractivity contribution is -0.141. The molecule has 2 heterocycles. The molecule has 2 atom stereocenters. The number of carbonyl (C=O) groups excluding carboxylic acids is 1. The van der Waals surface area contributed by atoms with Gasteiger partial charge in [-0.2, -0.15) is 0 Å². The zero-order valence-corrected chi connectivity index (χ0v) is 13.2. The molecule has 1 fully saturated rings. The van der Waals surface area contributed by atoms with Gasteiger partial charge in [0.05, 0.1) is 5.92 Å². The summed E-state index contributed by atoms with van der Waals surface area (Å²) in [6.07, 6.45) is 0. The molecule has 0 spiro atoms. The van der Waals surface area contributed by atoms with Crippen molar-refractivity contribution in [1.29, 1.82) is 0 Å². The number of rotatable bonds is 3. The number of nitrogens with zero attached hydrogens (tertiary/aromatic N) is 1. The van der Waals surface area contributed by atoms with Crippen molar-refractivity contribution in [3.05, 3.63) is 58.5 Å². The van der Waals surface area contributed by atoms with Gasteiger partial charge >= 0.3 is 5.97 Å². The molecule has 22 heavy (non-hydrogen) atoms. The minimum atomic E-state index is -0.884. The van der Waals surface area contributed by atoms with Crippen molar-refractivity contribution >= 4 is 27.8 Å². The van der Waals surface area contributed by atoms with Gasteiger partial charge in [-0.25, -0.2) is 0 Å². The van der Waals surface area contributed by atoms with Crippen LogP contribution in [0.25, 0.3) is 0 Å². The smallest absolute Gasteiger partial charge is 0.308 e. The molecule has 1 N–H and O–H groups in total. The number of carboxylic acid groups (broad SMARTS) is 1. The number of hydrogen-bond donors (Lipinski definition) is 1. The normalized spacial score (nSPS) is 21.0. The van der Waals surface area contributed by atoms with E-state index in [2.05, 4.69) is 15.9 Å². The minimum Gasteiger partial charge on any atom is -0.481 e. The fourth-order valence-corrected chi connectivity index (χ4v) is 3.15. The summed E-state index contributed by atoms with van der Waals surface area (Å²) >= 11 is 3.16. The zero-order chi connectivity index (χ0) is 15.7. The van der Waals surface area contributed by atoms with Gasteiger partial charge in [-0.05, 0) is 33.6 Å². The van der Waals surface area contributed by atoms with Crippen LogP contribution in [0.5, 0.6) is 0 Å². The molecule has 1 saturated heterocycles. The zero-order valence-electron chi connectivity index (χ0n) is 11.6. The van der Waals surface area contributed by atoms with Crippen molar-refractivity contribution in [3.8, 4) is 0 Å². The number of carboxylic acids is 1. The molecular weight excluding hydrogens is 350 g/mol. The topological polar surface area (TPSA) is 70.8 Å². The first-order chi connectivity index (χ1) is 10.6. The number of furan rings is 1. The number of amides is 1. The summed E-state index contributed by atoms with van der Waals surface area (Å²) < 4.78 is 5.75. The molecule has 1 aromatic carbocycles. The van der Waals surface area contributed by atoms with Gasteiger partial charge in [0.2, 0.25) is 0 Å². The van der Waals surface area contributed by atoms with Gasteiger partial charge in [0.15, 0.2) is 10.4 Å². The maximum atomic E-state index is 12.4. The fraction of sp³-hybridized carbons (Fsp3) is 0.250. The highest BCUT2D eigenvalue weighted by atomic mass is 79.9. The van der Waals surface area contributed by atoms with Crippen LogP contribution in [0.3, 0.4) is 0 Å². The van der Waals surface area contributed by atoms with Crippen LogP contribution in [-0.2, 0) is 4.79 Å². The first kappa shape index (κ1) is 14.8. The summed E-state index contributed by atoms with van der Waals surface area (Å²) in [5, 5.41) is 9.45. The molecular formula is C16H14BrNO4. The fourth-order valence-electron chi connectivity index (χ4n) is 2.84. The van der Waals surface area contributed by atoms with Crippen molar-refractivity contribution in [2.75, 3.05) is 13.1 Å². The first-order valence-electron chi connectivity index (χ1n) is 6.88. The second kappa shape index (κ2) is 5.96. The molecule has 0 unspecified atom stereocenters. The third-order valence-corrected chi connectivity index (χ3v) is 4.36. The Kier molecular flexibility index (Phi) is 4.02. The Balaban J connectivity index is 1.84. The van der Waals surface area contributed by atoms with Gasteiger partial charge in [-0.3, -0.25) is 9.59 Å². The molecule has 3 rings (SSSR count). The van der Waals surface area contributed by atoms with Gasteiger partial charge in [-0.15, -0.1) is 0 Å². The van der Waals surface area contributed by atoms with E-state index in [9.17, 15) is 14.7 Å². The molecule has 0 radical (unpaired) electrons. The standard InChI is InChI=1S/C16H14BrNO4/c17-14-7-6-13(22-14)15(19)18-8-11(12(9-18)16(20)21)10-4-2-1-3-5-10/h1-7,11-12H,8-9H2,(H,20,21)/t11-,12-/m1/s1. The Morgan fingerprint density at radius 3 is 2.45 bits per heavy atom. The monoisotopic (exact) mass is 363 g/mol. The highest BCUT2D eigenvalue weighted by Crippen LogP contribution is 2.33. The van der Waals surface area contributed by atoms with Crippen LogP contribution in [0.2, 0.25) is 0 Å². The molecule has 114 valence electrons. The van der Waals surface area contributed by atoms with E-state index in [0.717, 1.165) is 5.56 Å². The largest absolute Gasteiger partial charge is 0.481 e. The van der Waals surface area contributed by atoms with Crippen LogP contribution in [0.1, 0.15) is 22.0 Å². The lowest BCUT2D eigenvalue weighted by Gasteiger charge is -2.15. The molecule has 0 aliphatic carbocycles. The van der Waals surface area contributed by atoms with E-state index < -0.39 is 11.9 Å². The van der Waals surface area contributed by atoms with E-state index in [0.29, 0.717) is 11.2 Å². The van der Waals surface area contributed by atoms with Crippen molar-refractivity contribution in [2.24, 2.45) is 5.92 Å². The van der Waals surface area contributed by atoms with E-state index in [-0.39, 0.29) is 24.1 Å². The van der Waals surface area contributed by atoms with Crippen molar-refractivity contribution in [1.82, 2.24) is 4.90 Å². The molecule has 6 heteroatoms. The number of likely N-dealkylation sites (tertiary alicyclic amines) is 1. The molecule has 1 aliphatic heterocycles. The summed E-state index contributed by atoms with van der Waals surface area (Å²) in [4.78, 5) is 25.5. The van der Waals surface area contributed by atoms with E-state index >= 15 is 0 Å². The summed E-state index contributed by atoms with van der Waals surface area (Å²) in [5.74, 6) is -1.77. The highest BCUT2D eigenvalue weighted by molar-refractivity contribution is 9.10. The van der Waals surface area contributed by atoms with Gasteiger partial charge < -0.3 is 14.4 Å². The van der Waals surface area contributed by atoms with E-state index in [4.69, 9.17) is 4.42 Å². The first-order valence-corrected chi connectivity index (χ1v) is 7.68. The van der Waals surface area contributed by atoms with E-state index in [1.807, 2.05) is 30.3 Å². The SMILES string of the molecule is O=C(O)[C@@H]1CN(C(=O)c2ccc(Br)o2)C[C@@H]1c1ccccc1. The van der Waals surface area contributed by atoms with Gasteiger partial charge in [0.25, 0.3) is 5.91 Å². The number of halogens is 1. The van der Waals surface area contributed by atoms with Crippen LogP contribution in [0.15, 0.2) is 51.6 Å². The second-order valence-electron chi connectivity index (χ2n) is 5.28. The third-order valence-electron chi connectivity index (χ3n) is 3.94. The highest BCUT2D eigenvalue weighted by Gasteiger charge is 2.41. The molecule has 0 bridgehead atoms. The second-order valence-corrected chi connectivity index (χ2v) is 6.06. The van der Waals surface area contributed by atoms with E-state index in [1.54, 1.807) is 17.0 Å². The summed E-state index contributed by atoms with van der Waals surface area (Å²) in [7, 11) is 0. The van der Waals surface area contributed by atoms with Crippen molar-refractivity contribution < 1.29 is 19.1 Å². The number of hydrogen-bond acceptors (Lipinski definition) is 3. The number of aliphatic carboxylic acids is 1. The Labute approximate surface area is 135 Å². The van der Waals surface area contributed by atoms with Crippen molar-refractivity contribution in [3.63, 3.8) is 0 Å². The lowest BCUT2D eigenvalue weighted by Crippen LogP contribution is -2.29. The summed E-state index contributed by atoms with van der Waals surface area (Å²) in [5.41, 5.74) is 0.936. The maximum absolute atomic E-state index is 12.4. The average Bonchev–Trinajstić information content (AvgIpc) is 3.14. The van der Waals surface area contributed by atoms with Gasteiger partial charge in [0, 0.05) is 19.0 Å². The average molecular weight is 364 g/mol. The van der Waals surface area contributed by atoms with Crippen LogP contribution >= 0.6 is 15.9 Å². The van der Waals surface area contributed by atoms with Gasteiger partial charge in [-0.1, -0.05) is 30.3 Å². The Hall–Kier alpha value is -2.08. The van der Waals surface area contributed by atoms with Crippen LogP contribution in [0, 0.1) is 5.92 Å². The van der Waals surface area contributed by atoms with Crippen LogP contribution in [-0.4, -0.2) is 35.0 Å². The quantitative estimate of drug-likeness (QED) is 0.909. The molecule has 5 nitrogen and oxygen atoms in total. The van der Waals surface area contributed by atoms with Crippen molar-refractivity contribution in [2.45, 2.75) is 5.92 Å². The molecule has 0 saturated carbocycles. The number of carbonyl (C=O) groups is 2. The summed E-state index contributed by atoms with van der Waals surface area (Å²) in [6.45, 7) is 0.560. The molecule has 1 aromatic heterocycles. The van der Waals surface area contributed by atoms with Crippen LogP contribution < -0.4 is 0 Å². The minimum absolute atomic E-state index is 0.187.